The molecule has 13 nitrogen and oxygen atoms in total. The van der Waals surface area contributed by atoms with Gasteiger partial charge in [-0.25, -0.2) is 4.98 Å². The van der Waals surface area contributed by atoms with E-state index in [1.165, 1.54) is 4.88 Å². The number of carbonyl (C=O) groups excluding carboxylic acids is 2. The predicted octanol–water partition coefficient (Wildman–Crippen LogP) is 6.14. The summed E-state index contributed by atoms with van der Waals surface area (Å²) in [5.41, 5.74) is 7.85. The summed E-state index contributed by atoms with van der Waals surface area (Å²) in [6, 6.07) is 17.0. The Hall–Kier alpha value is -4.64. The summed E-state index contributed by atoms with van der Waals surface area (Å²) >= 11 is 7.89. The number of nitrogens with one attached hydrogen (secondary N) is 3. The molecular formula is C40H45ClN8O5S2. The molecule has 56 heavy (non-hydrogen) atoms. The average Bonchev–Trinajstić information content (AvgIpc) is 3.81. The van der Waals surface area contributed by atoms with E-state index in [1.807, 2.05) is 66.1 Å². The van der Waals surface area contributed by atoms with Crippen molar-refractivity contribution in [2.45, 2.75) is 39.7 Å². The number of hydrogen-bond acceptors (Lipinski definition) is 11. The van der Waals surface area contributed by atoms with Crippen LogP contribution in [-0.2, 0) is 30.2 Å². The van der Waals surface area contributed by atoms with Gasteiger partial charge in [0.15, 0.2) is 5.82 Å². The lowest BCUT2D eigenvalue weighted by Gasteiger charge is -2.13. The molecule has 7 rings (SSSR count). The average molecular weight is 817 g/mol. The van der Waals surface area contributed by atoms with E-state index in [4.69, 9.17) is 30.8 Å². The van der Waals surface area contributed by atoms with Crippen molar-refractivity contribution in [2.75, 3.05) is 63.4 Å². The van der Waals surface area contributed by atoms with E-state index < -0.39 is 6.04 Å². The summed E-state index contributed by atoms with van der Waals surface area (Å²) in [6.45, 7) is 9.64. The number of aryl methyl sites for hydroxylation is 2. The molecule has 0 saturated carbocycles. The molecule has 2 aliphatic rings. The minimum Gasteiger partial charge on any atom is -0.377 e. The Balaban J connectivity index is 0.00000532. The number of fused-ring (bicyclic) bond motifs is 4. The molecule has 0 aliphatic carbocycles. The zero-order valence-electron chi connectivity index (χ0n) is 31.5. The molecule has 0 radical (unpaired) electrons. The molecular weight excluding hydrogens is 772 g/mol. The van der Waals surface area contributed by atoms with Crippen LogP contribution in [0, 0.1) is 20.8 Å². The van der Waals surface area contributed by atoms with Crippen LogP contribution in [0.5, 0.6) is 0 Å². The number of nitrogens with zero attached hydrogens (tertiary/aromatic N) is 5. The lowest BCUT2D eigenvalue weighted by atomic mass is 9.99. The minimum atomic E-state index is -0.533. The summed E-state index contributed by atoms with van der Waals surface area (Å²) in [7, 11) is 0. The van der Waals surface area contributed by atoms with Gasteiger partial charge in [0.25, 0.3) is 0 Å². The Labute approximate surface area is 341 Å². The summed E-state index contributed by atoms with van der Waals surface area (Å²) in [6.07, 6.45) is 2.28. The van der Waals surface area contributed by atoms with Gasteiger partial charge in [-0.15, -0.1) is 21.5 Å². The Morgan fingerprint density at radius 1 is 0.911 bits per heavy atom. The highest BCUT2D eigenvalue weighted by atomic mass is 35.5. The number of aromatic nitrogens is 4. The first-order chi connectivity index (χ1) is 26.7. The molecule has 2 aromatic carbocycles. The van der Waals surface area contributed by atoms with Gasteiger partial charge in [-0.05, 0) is 79.4 Å². The van der Waals surface area contributed by atoms with E-state index in [1.54, 1.807) is 17.5 Å². The molecule has 0 saturated heterocycles. The van der Waals surface area contributed by atoms with Gasteiger partial charge in [-0.2, -0.15) is 13.5 Å². The van der Waals surface area contributed by atoms with E-state index in [0.29, 0.717) is 70.0 Å². The number of hydrogen-bond donors (Lipinski definition) is 3. The molecule has 3 N–H and O–H groups in total. The van der Waals surface area contributed by atoms with E-state index >= 15 is 0 Å². The van der Waals surface area contributed by atoms with Gasteiger partial charge >= 0.3 is 0 Å². The van der Waals surface area contributed by atoms with Crippen molar-refractivity contribution >= 4 is 65.5 Å². The maximum atomic E-state index is 13.2. The standard InChI is InChI=1S/C40H43ClN8O5S.H2S/c1-24-25(2)55-40-37(24)38(27-4-7-31(41)8-5-27)46-33(39-48-47-26(3)49(39)40)23-35(50)44-13-15-53-17-19-54-18-16-52-14-12-43-34-21-29(10-11-42-34)28-6-9-32-30(20-28)22-36(51)45-32;/h4-11,20-21,33H,12-19,22-23H2,1-3H3,(H,42,43)(H,44,50)(H,45,51);1H2/t33-;/m0./s1. The molecule has 3 aromatic heterocycles. The van der Waals surface area contributed by atoms with Gasteiger partial charge in [0.2, 0.25) is 11.8 Å². The maximum absolute atomic E-state index is 13.2. The third-order valence-electron chi connectivity index (χ3n) is 9.42. The van der Waals surface area contributed by atoms with Gasteiger partial charge in [0.05, 0.1) is 58.2 Å². The van der Waals surface area contributed by atoms with E-state index in [0.717, 1.165) is 61.4 Å². The number of amides is 2. The van der Waals surface area contributed by atoms with Gasteiger partial charge in [0.1, 0.15) is 22.7 Å². The Bertz CT molecular complexity index is 2210. The van der Waals surface area contributed by atoms with Crippen LogP contribution in [0.2, 0.25) is 5.02 Å². The first-order valence-electron chi connectivity index (χ1n) is 18.2. The molecule has 0 spiro atoms. The molecule has 2 amide bonds. The van der Waals surface area contributed by atoms with E-state index in [2.05, 4.69) is 45.0 Å². The smallest absolute Gasteiger partial charge is 0.228 e. The lowest BCUT2D eigenvalue weighted by molar-refractivity contribution is -0.121. The maximum Gasteiger partial charge on any atom is 0.228 e. The van der Waals surface area contributed by atoms with Gasteiger partial charge in [-0.3, -0.25) is 19.1 Å². The second kappa shape index (κ2) is 19.0. The predicted molar refractivity (Wildman–Crippen MR) is 224 cm³/mol. The Kier molecular flexibility index (Phi) is 13.9. The lowest BCUT2D eigenvalue weighted by Crippen LogP contribution is -2.29. The molecule has 0 bridgehead atoms. The molecule has 1 atom stereocenters. The minimum absolute atomic E-state index is 0. The van der Waals surface area contributed by atoms with Crippen LogP contribution in [0.3, 0.4) is 0 Å². The van der Waals surface area contributed by atoms with Crippen LogP contribution in [0.25, 0.3) is 16.1 Å². The molecule has 5 aromatic rings. The fourth-order valence-corrected chi connectivity index (χ4v) is 7.89. The SMILES string of the molecule is Cc1sc2c(c1C)C(c1ccc(Cl)cc1)=N[C@@H](CC(=O)NCCOCCOCCOCCNc1cc(-c3ccc4c(c3)CC(=O)N4)ccn1)c1nnc(C)n1-2.S. The molecule has 0 unspecified atom stereocenters. The number of ether oxygens (including phenoxy) is 3. The fourth-order valence-electron chi connectivity index (χ4n) is 6.55. The second-order valence-electron chi connectivity index (χ2n) is 13.2. The fraction of sp³-hybridized carbons (Fsp3) is 0.350. The first-order valence-corrected chi connectivity index (χ1v) is 19.4. The van der Waals surface area contributed by atoms with Crippen LogP contribution in [0.4, 0.5) is 11.5 Å². The zero-order chi connectivity index (χ0) is 38.3. The van der Waals surface area contributed by atoms with Crippen molar-refractivity contribution in [1.29, 1.82) is 0 Å². The van der Waals surface area contributed by atoms with E-state index in [9.17, 15) is 9.59 Å². The Morgan fingerprint density at radius 3 is 2.38 bits per heavy atom. The van der Waals surface area contributed by atoms with Gasteiger partial charge < -0.3 is 30.2 Å². The number of rotatable bonds is 17. The summed E-state index contributed by atoms with van der Waals surface area (Å²) in [4.78, 5) is 35.6. The third-order valence-corrected chi connectivity index (χ3v) is 10.9. The topological polar surface area (TPSA) is 154 Å². The first kappa shape index (κ1) is 41.0. The number of anilines is 2. The second-order valence-corrected chi connectivity index (χ2v) is 14.9. The molecule has 2 aliphatic heterocycles. The van der Waals surface area contributed by atoms with Gasteiger partial charge in [0, 0.05) is 46.0 Å². The number of benzene rings is 2. The van der Waals surface area contributed by atoms with Crippen molar-refractivity contribution in [3.05, 3.63) is 105 Å². The zero-order valence-corrected chi connectivity index (χ0v) is 34.1. The Morgan fingerprint density at radius 2 is 1.61 bits per heavy atom. The quantitative estimate of drug-likeness (QED) is 0.0941. The van der Waals surface area contributed by atoms with Crippen LogP contribution in [0.15, 0.2) is 65.8 Å². The number of thiophene rings is 1. The number of halogens is 1. The van der Waals surface area contributed by atoms with Gasteiger partial charge in [-0.1, -0.05) is 29.8 Å². The third kappa shape index (κ3) is 9.65. The molecule has 5 heterocycles. The van der Waals surface area contributed by atoms with Crippen molar-refractivity contribution in [3.8, 4) is 16.1 Å². The van der Waals surface area contributed by atoms with Crippen molar-refractivity contribution < 1.29 is 23.8 Å². The monoisotopic (exact) mass is 816 g/mol. The van der Waals surface area contributed by atoms with Crippen LogP contribution < -0.4 is 16.0 Å². The van der Waals surface area contributed by atoms with Crippen LogP contribution in [0.1, 0.15) is 51.2 Å². The summed E-state index contributed by atoms with van der Waals surface area (Å²) < 4.78 is 19.0. The largest absolute Gasteiger partial charge is 0.377 e. The molecule has 16 heteroatoms. The summed E-state index contributed by atoms with van der Waals surface area (Å²) in [5, 5.41) is 19.6. The molecule has 0 fully saturated rings. The van der Waals surface area contributed by atoms with Crippen LogP contribution >= 0.6 is 36.4 Å². The number of carbonyl (C=O) groups is 2. The normalized spacial score (nSPS) is 14.2. The highest BCUT2D eigenvalue weighted by molar-refractivity contribution is 7.59. The van der Waals surface area contributed by atoms with Crippen LogP contribution in [-0.4, -0.2) is 90.0 Å². The summed E-state index contributed by atoms with van der Waals surface area (Å²) in [5.74, 6) is 2.01. The number of pyridine rings is 1. The van der Waals surface area contributed by atoms with Crippen molar-refractivity contribution in [1.82, 2.24) is 25.1 Å². The van der Waals surface area contributed by atoms with Crippen molar-refractivity contribution in [2.24, 2.45) is 4.99 Å². The van der Waals surface area contributed by atoms with E-state index in [-0.39, 0.29) is 31.7 Å². The number of aliphatic imine (C=N–C) groups is 1. The highest BCUT2D eigenvalue weighted by Crippen LogP contribution is 2.39. The van der Waals surface area contributed by atoms with Crippen molar-refractivity contribution in [3.63, 3.8) is 0 Å². The highest BCUT2D eigenvalue weighted by Gasteiger charge is 2.32. The molecule has 294 valence electrons.